The zero-order chi connectivity index (χ0) is 31.9. The van der Waals surface area contributed by atoms with E-state index in [0.29, 0.717) is 45.1 Å². The number of anilines is 2. The van der Waals surface area contributed by atoms with Gasteiger partial charge in [0.15, 0.2) is 11.5 Å². The lowest BCUT2D eigenvalue weighted by Gasteiger charge is -2.16. The first-order valence-corrected chi connectivity index (χ1v) is 15.9. The molecule has 6 aromatic rings. The Balaban J connectivity index is 0.000000147. The van der Waals surface area contributed by atoms with Gasteiger partial charge in [0.25, 0.3) is 0 Å². The van der Waals surface area contributed by atoms with Crippen molar-refractivity contribution in [2.75, 3.05) is 11.5 Å². The third-order valence-corrected chi connectivity index (χ3v) is 9.33. The second-order valence-corrected chi connectivity index (χ2v) is 12.2. The monoisotopic (exact) mass is 612 g/mol. The molecule has 4 aromatic heterocycles. The zero-order valence-corrected chi connectivity index (χ0v) is 26.1. The van der Waals surface area contributed by atoms with E-state index in [9.17, 15) is 9.59 Å². The molecule has 46 heavy (non-hydrogen) atoms. The number of aryl methyl sites for hydroxylation is 6. The molecule has 4 N–H and O–H groups in total. The van der Waals surface area contributed by atoms with Crippen LogP contribution < -0.4 is 11.5 Å². The molecule has 0 fully saturated rings. The number of pyridine rings is 2. The quantitative estimate of drug-likeness (QED) is 0.194. The van der Waals surface area contributed by atoms with Gasteiger partial charge < -0.3 is 20.3 Å². The van der Waals surface area contributed by atoms with Crippen molar-refractivity contribution in [3.8, 4) is 0 Å². The number of hydrogen-bond acceptors (Lipinski definition) is 8. The van der Waals surface area contributed by atoms with Crippen LogP contribution in [0.2, 0.25) is 0 Å². The van der Waals surface area contributed by atoms with Gasteiger partial charge in [0.05, 0.1) is 11.4 Å². The lowest BCUT2D eigenvalue weighted by Crippen LogP contribution is -2.07. The summed E-state index contributed by atoms with van der Waals surface area (Å²) in [5.74, 6) is 0.0460. The van der Waals surface area contributed by atoms with E-state index in [1.807, 2.05) is 26.0 Å². The summed E-state index contributed by atoms with van der Waals surface area (Å²) in [5.41, 5.74) is 22.5. The van der Waals surface area contributed by atoms with E-state index >= 15 is 0 Å². The number of nitrogens with zero attached hydrogens (tertiary/aromatic N) is 2. The van der Waals surface area contributed by atoms with Gasteiger partial charge in [0.2, 0.25) is 11.6 Å². The molecular formula is C38H36N4O4. The van der Waals surface area contributed by atoms with Crippen LogP contribution in [-0.2, 0) is 25.7 Å². The van der Waals surface area contributed by atoms with Crippen LogP contribution in [-0.4, -0.2) is 21.5 Å². The maximum Gasteiger partial charge on any atom is 0.232 e. The molecule has 232 valence electrons. The molecule has 0 amide bonds. The molecule has 8 rings (SSSR count). The van der Waals surface area contributed by atoms with Crippen LogP contribution in [0.3, 0.4) is 0 Å². The summed E-state index contributed by atoms with van der Waals surface area (Å²) in [6, 6.07) is 15.2. The summed E-state index contributed by atoms with van der Waals surface area (Å²) < 4.78 is 11.7. The van der Waals surface area contributed by atoms with Crippen molar-refractivity contribution in [3.05, 3.63) is 117 Å². The van der Waals surface area contributed by atoms with Crippen molar-refractivity contribution in [1.82, 2.24) is 9.97 Å². The lowest BCUT2D eigenvalue weighted by molar-refractivity contribution is 0.100. The molecule has 4 heterocycles. The van der Waals surface area contributed by atoms with Crippen molar-refractivity contribution in [1.29, 1.82) is 0 Å². The number of carbonyl (C=O) groups excluding carboxylic acids is 2. The predicted molar refractivity (Wildman–Crippen MR) is 179 cm³/mol. The van der Waals surface area contributed by atoms with E-state index in [-0.39, 0.29) is 23.1 Å². The molecule has 0 saturated carbocycles. The maximum atomic E-state index is 12.8. The van der Waals surface area contributed by atoms with Gasteiger partial charge in [-0.2, -0.15) is 0 Å². The van der Waals surface area contributed by atoms with Gasteiger partial charge in [-0.1, -0.05) is 6.07 Å². The molecule has 0 spiro atoms. The van der Waals surface area contributed by atoms with E-state index in [4.69, 9.17) is 20.3 Å². The fourth-order valence-electron chi connectivity index (χ4n) is 6.84. The number of hydrogen-bond donors (Lipinski definition) is 2. The minimum atomic E-state index is -0.206. The second-order valence-electron chi connectivity index (χ2n) is 12.2. The molecule has 0 radical (unpaired) electrons. The Hall–Kier alpha value is -5.24. The largest absolute Gasteiger partial charge is 0.450 e. The Kier molecular flexibility index (Phi) is 7.64. The summed E-state index contributed by atoms with van der Waals surface area (Å²) >= 11 is 0. The summed E-state index contributed by atoms with van der Waals surface area (Å²) in [6.45, 7) is 3.62. The number of benzene rings is 2. The highest BCUT2D eigenvalue weighted by molar-refractivity contribution is 6.16. The van der Waals surface area contributed by atoms with Crippen molar-refractivity contribution in [3.63, 3.8) is 0 Å². The van der Waals surface area contributed by atoms with Gasteiger partial charge in [-0.25, -0.2) is 0 Å². The fourth-order valence-corrected chi connectivity index (χ4v) is 6.84. The summed E-state index contributed by atoms with van der Waals surface area (Å²) in [5, 5.41) is 1.77. The highest BCUT2D eigenvalue weighted by Gasteiger charge is 2.26. The molecule has 8 nitrogen and oxygen atoms in total. The summed E-state index contributed by atoms with van der Waals surface area (Å²) in [4.78, 5) is 33.9. The highest BCUT2D eigenvalue weighted by atomic mass is 16.3. The van der Waals surface area contributed by atoms with Gasteiger partial charge in [-0.05, 0) is 130 Å². The van der Waals surface area contributed by atoms with E-state index < -0.39 is 0 Å². The molecule has 0 saturated heterocycles. The smallest absolute Gasteiger partial charge is 0.232 e. The average molecular weight is 613 g/mol. The van der Waals surface area contributed by atoms with Gasteiger partial charge in [-0.15, -0.1) is 0 Å². The number of rotatable bonds is 4. The second kappa shape index (κ2) is 11.9. The fraction of sp³-hybridized carbons (Fsp3) is 0.263. The first-order chi connectivity index (χ1) is 22.3. The minimum Gasteiger partial charge on any atom is -0.450 e. The third kappa shape index (κ3) is 5.13. The Morgan fingerprint density at radius 3 is 1.83 bits per heavy atom. The molecule has 0 aliphatic heterocycles. The number of fused-ring (bicyclic) bond motifs is 5. The van der Waals surface area contributed by atoms with Gasteiger partial charge in [-0.3, -0.25) is 19.6 Å². The first-order valence-electron chi connectivity index (χ1n) is 15.9. The summed E-state index contributed by atoms with van der Waals surface area (Å²) in [7, 11) is 0. The van der Waals surface area contributed by atoms with Crippen molar-refractivity contribution in [2.45, 2.75) is 65.2 Å². The summed E-state index contributed by atoms with van der Waals surface area (Å²) in [6.07, 6.45) is 12.3. The van der Waals surface area contributed by atoms with Crippen LogP contribution in [0.5, 0.6) is 0 Å². The van der Waals surface area contributed by atoms with E-state index in [1.165, 1.54) is 41.5 Å². The lowest BCUT2D eigenvalue weighted by atomic mass is 9.89. The minimum absolute atomic E-state index is 0.200. The van der Waals surface area contributed by atoms with Crippen LogP contribution in [0.1, 0.15) is 91.6 Å². The molecule has 2 aromatic carbocycles. The number of nitrogens with two attached hydrogens (primary N) is 2. The molecule has 0 bridgehead atoms. The van der Waals surface area contributed by atoms with E-state index in [0.717, 1.165) is 42.9 Å². The van der Waals surface area contributed by atoms with Crippen molar-refractivity contribution in [2.24, 2.45) is 0 Å². The van der Waals surface area contributed by atoms with Crippen LogP contribution in [0, 0.1) is 13.8 Å². The first kappa shape index (κ1) is 29.5. The van der Waals surface area contributed by atoms with Gasteiger partial charge in [0, 0.05) is 45.7 Å². The number of ketones is 2. The van der Waals surface area contributed by atoms with Gasteiger partial charge >= 0.3 is 0 Å². The SMILES string of the molecule is Cc1ncccc1C(=O)c1oc2cc3c(cc2c1N)CCCC3.Cc1ncccc1C(=O)c1oc2ccc3c(c2c1N)CCCC3. The van der Waals surface area contributed by atoms with Crippen LogP contribution in [0.25, 0.3) is 21.9 Å². The number of furan rings is 2. The Labute approximate surface area is 266 Å². The molecule has 8 heteroatoms. The highest BCUT2D eigenvalue weighted by Crippen LogP contribution is 2.38. The van der Waals surface area contributed by atoms with Crippen LogP contribution in [0.4, 0.5) is 11.4 Å². The number of carbonyl (C=O) groups is 2. The molecule has 2 aliphatic rings. The van der Waals surface area contributed by atoms with Crippen LogP contribution >= 0.6 is 0 Å². The van der Waals surface area contributed by atoms with Crippen molar-refractivity contribution < 1.29 is 18.4 Å². The number of aromatic nitrogens is 2. The maximum absolute atomic E-state index is 12.8. The Morgan fingerprint density at radius 1 is 0.652 bits per heavy atom. The van der Waals surface area contributed by atoms with E-state index in [1.54, 1.807) is 36.7 Å². The Bertz CT molecular complexity index is 2150. The number of nitrogen functional groups attached to an aromatic ring is 2. The zero-order valence-electron chi connectivity index (χ0n) is 26.1. The van der Waals surface area contributed by atoms with Crippen LogP contribution in [0.15, 0.2) is 69.8 Å². The average Bonchev–Trinajstić information content (AvgIpc) is 3.59. The molecule has 0 atom stereocenters. The van der Waals surface area contributed by atoms with Gasteiger partial charge in [0.1, 0.15) is 11.2 Å². The molecular weight excluding hydrogens is 576 g/mol. The van der Waals surface area contributed by atoms with Crippen molar-refractivity contribution >= 4 is 44.9 Å². The predicted octanol–water partition coefficient (Wildman–Crippen LogP) is 7.66. The molecule has 2 aliphatic carbocycles. The Morgan fingerprint density at radius 2 is 1.20 bits per heavy atom. The topological polar surface area (TPSA) is 138 Å². The standard InChI is InChI=1S/2C19H18N2O2/c1-11-13(7-4-10-21-11)18(22)19-17(20)16-14-6-3-2-5-12(14)8-9-15(16)23-19;1-11-14(7-4-8-21-11)18(22)19-17(20)15-9-12-5-2-3-6-13(12)10-16(15)23-19/h2*4,7-10H,2-3,5-6,20H2,1H3. The molecule has 0 unspecified atom stereocenters. The normalized spacial score (nSPS) is 14.0. The van der Waals surface area contributed by atoms with E-state index in [2.05, 4.69) is 22.1 Å². The third-order valence-electron chi connectivity index (χ3n) is 9.33.